The first-order chi connectivity index (χ1) is 13.7. The molecular formula is C28H46O. The van der Waals surface area contributed by atoms with E-state index in [1.165, 1.54) is 56.1 Å². The highest BCUT2D eigenvalue weighted by atomic mass is 16.3. The summed E-state index contributed by atoms with van der Waals surface area (Å²) in [4.78, 5) is 0. The maximum Gasteiger partial charge on any atom is 0.0583 e. The van der Waals surface area contributed by atoms with E-state index in [1.807, 2.05) is 0 Å². The number of aliphatic hydroxyl groups excluding tert-OH is 1. The van der Waals surface area contributed by atoms with Crippen LogP contribution in [0.5, 0.6) is 0 Å². The summed E-state index contributed by atoms with van der Waals surface area (Å²) in [6.45, 7) is 16.6. The molecule has 3 fully saturated rings. The molecule has 0 aromatic rings. The third-order valence-corrected chi connectivity index (χ3v) is 9.13. The van der Waals surface area contributed by atoms with Crippen LogP contribution in [-0.2, 0) is 0 Å². The Morgan fingerprint density at radius 2 is 1.83 bits per heavy atom. The topological polar surface area (TPSA) is 20.2 Å². The van der Waals surface area contributed by atoms with E-state index in [1.54, 1.807) is 5.57 Å². The predicted molar refractivity (Wildman–Crippen MR) is 126 cm³/mol. The molecule has 0 amide bonds. The lowest BCUT2D eigenvalue weighted by Crippen LogP contribution is -2.36. The van der Waals surface area contributed by atoms with E-state index in [0.29, 0.717) is 5.41 Å². The molecule has 29 heavy (non-hydrogen) atoms. The average Bonchev–Trinajstić information content (AvgIpc) is 3.04. The van der Waals surface area contributed by atoms with Gasteiger partial charge in [-0.2, -0.15) is 0 Å². The van der Waals surface area contributed by atoms with E-state index in [9.17, 15) is 5.11 Å². The van der Waals surface area contributed by atoms with Gasteiger partial charge in [-0.05, 0) is 91.9 Å². The van der Waals surface area contributed by atoms with E-state index >= 15 is 0 Å². The zero-order valence-electron chi connectivity index (χ0n) is 19.8. The van der Waals surface area contributed by atoms with E-state index < -0.39 is 0 Å². The second-order valence-corrected chi connectivity index (χ2v) is 11.3. The standard InChI is InChI=1S/C28H46O/c1-19(2)20(3)9-10-22(5)26-15-16-27-23(8-7-17-28(26,27)6)12-13-24-18-25(29)14-11-21(24)4/h12-13,19-20,22,25-27,29H,4,7-11,14-18H2,1-3,5-6H3/b23-12+,24-13-/t20-,22+,25+,26-,27+,28-/m1/s1. The first kappa shape index (κ1) is 22.9. The van der Waals surface area contributed by atoms with Crippen LogP contribution in [0.4, 0.5) is 0 Å². The lowest BCUT2D eigenvalue weighted by molar-refractivity contribution is 0.0907. The van der Waals surface area contributed by atoms with Crippen LogP contribution in [0.25, 0.3) is 0 Å². The van der Waals surface area contributed by atoms with Gasteiger partial charge in [0.1, 0.15) is 0 Å². The number of rotatable bonds is 6. The van der Waals surface area contributed by atoms with E-state index in [2.05, 4.69) is 53.3 Å². The van der Waals surface area contributed by atoms with Gasteiger partial charge in [0, 0.05) is 0 Å². The van der Waals surface area contributed by atoms with Crippen LogP contribution in [0, 0.1) is 35.0 Å². The minimum absolute atomic E-state index is 0.174. The second kappa shape index (κ2) is 9.54. The van der Waals surface area contributed by atoms with Crippen LogP contribution in [0.3, 0.4) is 0 Å². The summed E-state index contributed by atoms with van der Waals surface area (Å²) in [5.41, 5.74) is 4.70. The van der Waals surface area contributed by atoms with Crippen LogP contribution in [-0.4, -0.2) is 11.2 Å². The van der Waals surface area contributed by atoms with Crippen molar-refractivity contribution in [2.24, 2.45) is 35.0 Å². The van der Waals surface area contributed by atoms with Crippen LogP contribution in [0.1, 0.15) is 98.8 Å². The Morgan fingerprint density at radius 3 is 2.55 bits per heavy atom. The second-order valence-electron chi connectivity index (χ2n) is 11.3. The quantitative estimate of drug-likeness (QED) is 0.482. The molecule has 0 unspecified atom stereocenters. The van der Waals surface area contributed by atoms with E-state index in [0.717, 1.165) is 48.9 Å². The van der Waals surface area contributed by atoms with Crippen LogP contribution in [0.2, 0.25) is 0 Å². The molecule has 1 heteroatoms. The monoisotopic (exact) mass is 398 g/mol. The fourth-order valence-electron chi connectivity index (χ4n) is 6.67. The predicted octanol–water partition coefficient (Wildman–Crippen LogP) is 7.87. The summed E-state index contributed by atoms with van der Waals surface area (Å²) in [6, 6.07) is 0. The van der Waals surface area contributed by atoms with Gasteiger partial charge in [0.25, 0.3) is 0 Å². The van der Waals surface area contributed by atoms with Crippen molar-refractivity contribution < 1.29 is 5.11 Å². The van der Waals surface area contributed by atoms with Gasteiger partial charge in [-0.3, -0.25) is 0 Å². The van der Waals surface area contributed by atoms with Gasteiger partial charge in [0.2, 0.25) is 0 Å². The molecule has 3 rings (SSSR count). The number of fused-ring (bicyclic) bond motifs is 1. The first-order valence-electron chi connectivity index (χ1n) is 12.5. The van der Waals surface area contributed by atoms with Gasteiger partial charge < -0.3 is 5.11 Å². The normalized spacial score (nSPS) is 37.9. The van der Waals surface area contributed by atoms with Gasteiger partial charge in [-0.1, -0.05) is 77.3 Å². The molecule has 0 spiro atoms. The Bertz CT molecular complexity index is 639. The van der Waals surface area contributed by atoms with E-state index in [-0.39, 0.29) is 6.10 Å². The Labute approximate surface area is 180 Å². The lowest BCUT2D eigenvalue weighted by Gasteiger charge is -2.44. The number of hydrogen-bond donors (Lipinski definition) is 1. The van der Waals surface area contributed by atoms with Crippen LogP contribution in [0.15, 0.2) is 35.5 Å². The summed E-state index contributed by atoms with van der Waals surface area (Å²) in [7, 11) is 0. The van der Waals surface area contributed by atoms with Crippen molar-refractivity contribution in [3.8, 4) is 0 Å². The molecule has 0 aromatic carbocycles. The lowest BCUT2D eigenvalue weighted by atomic mass is 9.60. The molecule has 3 saturated carbocycles. The van der Waals surface area contributed by atoms with Gasteiger partial charge >= 0.3 is 0 Å². The smallest absolute Gasteiger partial charge is 0.0583 e. The Morgan fingerprint density at radius 1 is 1.07 bits per heavy atom. The van der Waals surface area contributed by atoms with Crippen LogP contribution >= 0.6 is 0 Å². The van der Waals surface area contributed by atoms with Gasteiger partial charge in [-0.15, -0.1) is 0 Å². The summed E-state index contributed by atoms with van der Waals surface area (Å²) >= 11 is 0. The molecule has 0 aliphatic heterocycles. The maximum atomic E-state index is 10.0. The Kier molecular flexibility index (Phi) is 7.52. The van der Waals surface area contributed by atoms with Crippen molar-refractivity contribution in [2.75, 3.05) is 0 Å². The molecule has 0 heterocycles. The highest BCUT2D eigenvalue weighted by Gasteiger charge is 2.50. The zero-order valence-corrected chi connectivity index (χ0v) is 19.8. The molecule has 1 nitrogen and oxygen atoms in total. The summed E-state index contributed by atoms with van der Waals surface area (Å²) < 4.78 is 0. The van der Waals surface area contributed by atoms with Gasteiger partial charge in [0.15, 0.2) is 0 Å². The number of hydrogen-bond acceptors (Lipinski definition) is 1. The molecule has 6 atom stereocenters. The molecule has 164 valence electrons. The zero-order chi connectivity index (χ0) is 21.2. The Balaban J connectivity index is 1.70. The third-order valence-electron chi connectivity index (χ3n) is 9.13. The highest BCUT2D eigenvalue weighted by molar-refractivity contribution is 5.36. The fourth-order valence-corrected chi connectivity index (χ4v) is 6.67. The molecule has 3 aliphatic carbocycles. The third kappa shape index (κ3) is 5.09. The maximum absolute atomic E-state index is 10.0. The van der Waals surface area contributed by atoms with Crippen molar-refractivity contribution in [1.29, 1.82) is 0 Å². The largest absolute Gasteiger partial charge is 0.393 e. The fraction of sp³-hybridized carbons (Fsp3) is 0.786. The summed E-state index contributed by atoms with van der Waals surface area (Å²) in [5, 5.41) is 10.0. The molecule has 0 saturated heterocycles. The minimum Gasteiger partial charge on any atom is -0.393 e. The van der Waals surface area contributed by atoms with Crippen LogP contribution < -0.4 is 0 Å². The molecule has 3 aliphatic rings. The van der Waals surface area contributed by atoms with Crippen molar-refractivity contribution >= 4 is 0 Å². The first-order valence-corrected chi connectivity index (χ1v) is 12.5. The van der Waals surface area contributed by atoms with Gasteiger partial charge in [0.05, 0.1) is 6.10 Å². The number of allylic oxidation sites excluding steroid dienone is 4. The van der Waals surface area contributed by atoms with Gasteiger partial charge in [-0.25, -0.2) is 0 Å². The Hall–Kier alpha value is -0.820. The average molecular weight is 399 g/mol. The molecule has 0 bridgehead atoms. The van der Waals surface area contributed by atoms with Crippen molar-refractivity contribution in [3.05, 3.63) is 35.5 Å². The molecule has 1 N–H and O–H groups in total. The van der Waals surface area contributed by atoms with Crippen molar-refractivity contribution in [1.82, 2.24) is 0 Å². The SMILES string of the molecule is C=C1CC[C@H](O)C/C1=C/C=C1\CCC[C@]2(C)[C@@H]([C@@H](C)CC[C@@H](C)C(C)C)CC[C@@H]12. The van der Waals surface area contributed by atoms with Crippen molar-refractivity contribution in [3.63, 3.8) is 0 Å². The summed E-state index contributed by atoms with van der Waals surface area (Å²) in [6.07, 6.45) is 16.8. The molecule has 0 radical (unpaired) electrons. The highest BCUT2D eigenvalue weighted by Crippen LogP contribution is 2.60. The minimum atomic E-state index is -0.174. The summed E-state index contributed by atoms with van der Waals surface area (Å²) in [5.74, 6) is 4.14. The number of aliphatic hydroxyl groups is 1. The van der Waals surface area contributed by atoms with Crippen molar-refractivity contribution in [2.45, 2.75) is 105 Å². The van der Waals surface area contributed by atoms with E-state index in [4.69, 9.17) is 0 Å². The molecule has 0 aromatic heterocycles. The molecular weight excluding hydrogens is 352 g/mol.